The molecular formula is C24H31N3O4S. The molecule has 0 aliphatic carbocycles. The zero-order valence-corrected chi connectivity index (χ0v) is 20.5. The number of carbonyl (C=O) groups excluding carboxylic acids is 1. The molecule has 0 bridgehead atoms. The fourth-order valence-corrected chi connectivity index (χ4v) is 4.39. The standard InChI is InChI=1S/C24H31N3O4S/c1-8-15-10-9-11-16-12-20(27(5)21(15)16)23(28)25-18-13-17(24(2,3)4)14-19(22(18)31-6)26-32(7,29)30/h9-14,26H,8H2,1-7H3,(H,25,28). The average Bonchev–Trinajstić information content (AvgIpc) is 3.03. The molecule has 1 amide bonds. The van der Waals surface area contributed by atoms with Gasteiger partial charge in [-0.3, -0.25) is 9.52 Å². The lowest BCUT2D eigenvalue weighted by Gasteiger charge is -2.24. The zero-order chi connectivity index (χ0) is 23.8. The van der Waals surface area contributed by atoms with Gasteiger partial charge in [-0.1, -0.05) is 45.9 Å². The van der Waals surface area contributed by atoms with Gasteiger partial charge in [0.15, 0.2) is 5.75 Å². The zero-order valence-electron chi connectivity index (χ0n) is 19.7. The second kappa shape index (κ2) is 8.50. The van der Waals surface area contributed by atoms with E-state index in [1.165, 1.54) is 7.11 Å². The van der Waals surface area contributed by atoms with Gasteiger partial charge in [0, 0.05) is 12.4 Å². The highest BCUT2D eigenvalue weighted by molar-refractivity contribution is 7.92. The van der Waals surface area contributed by atoms with E-state index in [9.17, 15) is 13.2 Å². The Hall–Kier alpha value is -3.00. The van der Waals surface area contributed by atoms with Crippen LogP contribution in [0.4, 0.5) is 11.4 Å². The average molecular weight is 458 g/mol. The molecule has 1 aromatic heterocycles. The molecule has 2 aromatic carbocycles. The molecule has 0 spiro atoms. The van der Waals surface area contributed by atoms with Crippen LogP contribution in [0.15, 0.2) is 36.4 Å². The maximum Gasteiger partial charge on any atom is 0.272 e. The normalized spacial score (nSPS) is 12.1. The van der Waals surface area contributed by atoms with Crippen LogP contribution in [-0.2, 0) is 28.9 Å². The van der Waals surface area contributed by atoms with Gasteiger partial charge in [0.1, 0.15) is 5.69 Å². The van der Waals surface area contributed by atoms with E-state index in [0.717, 1.165) is 34.7 Å². The SMILES string of the molecule is CCc1cccc2cc(C(=O)Nc3cc(C(C)(C)C)cc(NS(C)(=O)=O)c3OC)n(C)c12. The first-order chi connectivity index (χ1) is 14.9. The van der Waals surface area contributed by atoms with Crippen molar-refractivity contribution in [3.05, 3.63) is 53.2 Å². The van der Waals surface area contributed by atoms with Crippen molar-refractivity contribution in [2.75, 3.05) is 23.4 Å². The summed E-state index contributed by atoms with van der Waals surface area (Å²) >= 11 is 0. The highest BCUT2D eigenvalue weighted by Crippen LogP contribution is 2.39. The number of sulfonamides is 1. The van der Waals surface area contributed by atoms with Gasteiger partial charge >= 0.3 is 0 Å². The first kappa shape index (κ1) is 23.7. The second-order valence-corrected chi connectivity index (χ2v) is 10.7. The van der Waals surface area contributed by atoms with Crippen LogP contribution >= 0.6 is 0 Å². The second-order valence-electron chi connectivity index (χ2n) is 8.98. The summed E-state index contributed by atoms with van der Waals surface area (Å²) in [7, 11) is -0.233. The summed E-state index contributed by atoms with van der Waals surface area (Å²) in [4.78, 5) is 13.3. The fourth-order valence-electron chi connectivity index (χ4n) is 3.84. The third-order valence-corrected chi connectivity index (χ3v) is 6.05. The first-order valence-corrected chi connectivity index (χ1v) is 12.3. The topological polar surface area (TPSA) is 89.4 Å². The number of nitrogens with one attached hydrogen (secondary N) is 2. The maximum absolute atomic E-state index is 13.3. The van der Waals surface area contributed by atoms with Crippen LogP contribution in [0.5, 0.6) is 5.75 Å². The molecule has 7 nitrogen and oxygen atoms in total. The first-order valence-electron chi connectivity index (χ1n) is 10.4. The number of aryl methyl sites for hydroxylation is 2. The fraction of sp³-hybridized carbons (Fsp3) is 0.375. The van der Waals surface area contributed by atoms with Crippen LogP contribution in [0.2, 0.25) is 0 Å². The number of para-hydroxylation sites is 1. The Morgan fingerprint density at radius 1 is 1.12 bits per heavy atom. The number of hydrogen-bond donors (Lipinski definition) is 2. The largest absolute Gasteiger partial charge is 0.492 e. The summed E-state index contributed by atoms with van der Waals surface area (Å²) in [5.41, 5.74) is 3.94. The van der Waals surface area contributed by atoms with Crippen LogP contribution in [0.1, 0.15) is 49.3 Å². The molecule has 0 aliphatic heterocycles. The van der Waals surface area contributed by atoms with Crippen LogP contribution in [-0.4, -0.2) is 32.3 Å². The van der Waals surface area contributed by atoms with E-state index >= 15 is 0 Å². The minimum Gasteiger partial charge on any atom is -0.492 e. The Kier molecular flexibility index (Phi) is 6.29. The van der Waals surface area contributed by atoms with Gasteiger partial charge in [0.25, 0.3) is 5.91 Å². The molecule has 0 radical (unpaired) electrons. The molecule has 0 atom stereocenters. The lowest BCUT2D eigenvalue weighted by molar-refractivity contribution is 0.101. The summed E-state index contributed by atoms with van der Waals surface area (Å²) in [5.74, 6) is -0.0507. The Labute approximate surface area is 189 Å². The van der Waals surface area contributed by atoms with Gasteiger partial charge in [0.05, 0.1) is 30.3 Å². The molecular weight excluding hydrogens is 426 g/mol. The predicted octanol–water partition coefficient (Wildman–Crippen LogP) is 4.67. The number of ether oxygens (including phenoxy) is 1. The molecule has 3 aromatic rings. The van der Waals surface area contributed by atoms with E-state index in [1.807, 2.05) is 56.7 Å². The molecule has 32 heavy (non-hydrogen) atoms. The molecule has 0 saturated heterocycles. The van der Waals surface area contributed by atoms with Crippen molar-refractivity contribution in [1.82, 2.24) is 4.57 Å². The molecule has 1 heterocycles. The molecule has 0 aliphatic rings. The van der Waals surface area contributed by atoms with Crippen LogP contribution < -0.4 is 14.8 Å². The number of fused-ring (bicyclic) bond motifs is 1. The maximum atomic E-state index is 13.3. The van der Waals surface area contributed by atoms with Crippen molar-refractivity contribution in [3.63, 3.8) is 0 Å². The number of anilines is 2. The molecule has 0 saturated carbocycles. The Morgan fingerprint density at radius 3 is 2.34 bits per heavy atom. The smallest absolute Gasteiger partial charge is 0.272 e. The Balaban J connectivity index is 2.12. The number of methoxy groups -OCH3 is 1. The van der Waals surface area contributed by atoms with Crippen LogP contribution in [0.25, 0.3) is 10.9 Å². The lowest BCUT2D eigenvalue weighted by Crippen LogP contribution is -2.19. The van der Waals surface area contributed by atoms with Gasteiger partial charge in [-0.2, -0.15) is 0 Å². The monoisotopic (exact) mass is 457 g/mol. The number of amides is 1. The van der Waals surface area contributed by atoms with E-state index in [4.69, 9.17) is 4.74 Å². The minimum atomic E-state index is -3.55. The van der Waals surface area contributed by atoms with Crippen molar-refractivity contribution in [1.29, 1.82) is 0 Å². The lowest BCUT2D eigenvalue weighted by atomic mass is 9.86. The van der Waals surface area contributed by atoms with Crippen LogP contribution in [0.3, 0.4) is 0 Å². The highest BCUT2D eigenvalue weighted by atomic mass is 32.2. The highest BCUT2D eigenvalue weighted by Gasteiger charge is 2.23. The third kappa shape index (κ3) is 4.75. The van der Waals surface area contributed by atoms with E-state index in [2.05, 4.69) is 23.0 Å². The molecule has 172 valence electrons. The van der Waals surface area contributed by atoms with E-state index in [0.29, 0.717) is 11.4 Å². The van der Waals surface area contributed by atoms with E-state index in [-0.39, 0.29) is 22.8 Å². The summed E-state index contributed by atoms with van der Waals surface area (Å²) < 4.78 is 33.8. The number of carbonyl (C=O) groups is 1. The van der Waals surface area contributed by atoms with Gasteiger partial charge in [-0.05, 0) is 41.2 Å². The van der Waals surface area contributed by atoms with Crippen molar-refractivity contribution in [2.24, 2.45) is 7.05 Å². The molecule has 0 unspecified atom stereocenters. The number of nitrogens with zero attached hydrogens (tertiary/aromatic N) is 1. The Bertz CT molecular complexity index is 1280. The van der Waals surface area contributed by atoms with Crippen molar-refractivity contribution in [3.8, 4) is 5.75 Å². The molecule has 3 rings (SSSR count). The summed E-state index contributed by atoms with van der Waals surface area (Å²) in [5, 5.41) is 3.93. The molecule has 0 fully saturated rings. The third-order valence-electron chi connectivity index (χ3n) is 5.46. The number of aromatic nitrogens is 1. The number of hydrogen-bond acceptors (Lipinski definition) is 4. The van der Waals surface area contributed by atoms with Gasteiger partial charge < -0.3 is 14.6 Å². The number of rotatable bonds is 6. The van der Waals surface area contributed by atoms with Gasteiger partial charge in [0.2, 0.25) is 10.0 Å². The molecule has 2 N–H and O–H groups in total. The Morgan fingerprint density at radius 2 is 1.78 bits per heavy atom. The number of benzene rings is 2. The van der Waals surface area contributed by atoms with Crippen molar-refractivity contribution >= 4 is 38.2 Å². The van der Waals surface area contributed by atoms with Gasteiger partial charge in [-0.15, -0.1) is 0 Å². The molecule has 8 heteroatoms. The van der Waals surface area contributed by atoms with Crippen molar-refractivity contribution in [2.45, 2.75) is 39.5 Å². The quantitative estimate of drug-likeness (QED) is 0.563. The van der Waals surface area contributed by atoms with Crippen LogP contribution in [0, 0.1) is 0 Å². The summed E-state index contributed by atoms with van der Waals surface area (Å²) in [6.45, 7) is 8.13. The summed E-state index contributed by atoms with van der Waals surface area (Å²) in [6, 6.07) is 11.5. The van der Waals surface area contributed by atoms with E-state index in [1.54, 1.807) is 6.07 Å². The predicted molar refractivity (Wildman–Crippen MR) is 130 cm³/mol. The minimum absolute atomic E-state index is 0.254. The van der Waals surface area contributed by atoms with E-state index < -0.39 is 10.0 Å². The van der Waals surface area contributed by atoms with Gasteiger partial charge in [-0.25, -0.2) is 8.42 Å². The van der Waals surface area contributed by atoms with Crippen molar-refractivity contribution < 1.29 is 17.9 Å². The summed E-state index contributed by atoms with van der Waals surface area (Å²) in [6.07, 6.45) is 1.94.